The highest BCUT2D eigenvalue weighted by molar-refractivity contribution is 14.0. The van der Waals surface area contributed by atoms with Crippen molar-refractivity contribution >= 4 is 53.0 Å². The van der Waals surface area contributed by atoms with Crippen LogP contribution in [0.3, 0.4) is 0 Å². The van der Waals surface area contributed by atoms with Gasteiger partial charge in [0, 0.05) is 35.7 Å². The minimum absolute atomic E-state index is 0. The summed E-state index contributed by atoms with van der Waals surface area (Å²) in [6.45, 7) is 6.35. The first kappa shape index (κ1) is 23.2. The first-order chi connectivity index (χ1) is 12.2. The monoisotopic (exact) mass is 508 g/mol. The number of halogens is 2. The fourth-order valence-electron chi connectivity index (χ4n) is 2.11. The lowest BCUT2D eigenvalue weighted by Crippen LogP contribution is -2.38. The second-order valence-corrected chi connectivity index (χ2v) is 7.64. The normalized spacial score (nSPS) is 11.1. The Kier molecular flexibility index (Phi) is 11.9. The van der Waals surface area contributed by atoms with E-state index in [4.69, 9.17) is 0 Å². The van der Waals surface area contributed by atoms with Gasteiger partial charge in [-0.1, -0.05) is 25.1 Å². The Morgan fingerprint density at radius 2 is 2.08 bits per heavy atom. The number of aromatic nitrogens is 1. The van der Waals surface area contributed by atoms with Crippen LogP contribution in [0, 0.1) is 5.82 Å². The summed E-state index contributed by atoms with van der Waals surface area (Å²) < 4.78 is 13.6. The van der Waals surface area contributed by atoms with E-state index < -0.39 is 0 Å². The summed E-state index contributed by atoms with van der Waals surface area (Å²) in [5, 5.41) is 7.58. The van der Waals surface area contributed by atoms with Crippen LogP contribution in [0.25, 0.3) is 0 Å². The first-order valence-electron chi connectivity index (χ1n) is 8.49. The van der Waals surface area contributed by atoms with E-state index >= 15 is 0 Å². The Bertz CT molecular complexity index is 679. The average molecular weight is 508 g/mol. The molecule has 0 unspecified atom stereocenters. The number of hydrogen-bond donors (Lipinski definition) is 2. The number of thiazole rings is 1. The van der Waals surface area contributed by atoms with E-state index in [0.717, 1.165) is 41.8 Å². The quantitative estimate of drug-likeness (QED) is 0.228. The van der Waals surface area contributed by atoms with Crippen LogP contribution in [0.15, 0.2) is 35.5 Å². The smallest absolute Gasteiger partial charge is 0.191 e. The largest absolute Gasteiger partial charge is 0.357 e. The molecule has 0 amide bonds. The van der Waals surface area contributed by atoms with Crippen LogP contribution in [0.2, 0.25) is 0 Å². The molecule has 2 aromatic rings. The van der Waals surface area contributed by atoms with Gasteiger partial charge >= 0.3 is 0 Å². The summed E-state index contributed by atoms with van der Waals surface area (Å²) in [6.07, 6.45) is 2.94. The predicted molar refractivity (Wildman–Crippen MR) is 122 cm³/mol. The molecule has 0 bridgehead atoms. The second kappa shape index (κ2) is 13.3. The van der Waals surface area contributed by atoms with Gasteiger partial charge in [0.15, 0.2) is 5.96 Å². The van der Waals surface area contributed by atoms with E-state index in [9.17, 15) is 4.39 Å². The fourth-order valence-corrected chi connectivity index (χ4v) is 3.74. The number of benzene rings is 1. The number of guanidine groups is 1. The standard InChI is InChI=1S/C18H25FN4S2.HI/c1-3-15-11-22-17(25-15)12-23-18(20-4-2)21-9-10-24-13-14-7-5-6-8-16(14)19;/h5-8,11H,3-4,9-10,12-13H2,1-2H3,(H2,20,21,23);1H. The van der Waals surface area contributed by atoms with Gasteiger partial charge in [-0.2, -0.15) is 11.8 Å². The minimum Gasteiger partial charge on any atom is -0.357 e. The molecule has 0 spiro atoms. The molecule has 0 atom stereocenters. The Labute approximate surface area is 180 Å². The van der Waals surface area contributed by atoms with Gasteiger partial charge in [0.05, 0.1) is 6.54 Å². The van der Waals surface area contributed by atoms with Crippen molar-refractivity contribution in [1.29, 1.82) is 0 Å². The van der Waals surface area contributed by atoms with Crippen LogP contribution < -0.4 is 10.6 Å². The third-order valence-corrected chi connectivity index (χ3v) is 5.56. The van der Waals surface area contributed by atoms with E-state index in [1.165, 1.54) is 10.9 Å². The number of hydrogen-bond acceptors (Lipinski definition) is 4. The van der Waals surface area contributed by atoms with Crippen molar-refractivity contribution < 1.29 is 4.39 Å². The predicted octanol–water partition coefficient (Wildman–Crippen LogP) is 4.45. The molecule has 1 heterocycles. The van der Waals surface area contributed by atoms with Crippen LogP contribution in [-0.4, -0.2) is 29.8 Å². The van der Waals surface area contributed by atoms with Crippen LogP contribution >= 0.6 is 47.1 Å². The van der Waals surface area contributed by atoms with Crippen molar-refractivity contribution in [1.82, 2.24) is 15.6 Å². The number of thioether (sulfide) groups is 1. The lowest BCUT2D eigenvalue weighted by atomic mass is 10.2. The topological polar surface area (TPSA) is 49.3 Å². The minimum atomic E-state index is -0.132. The van der Waals surface area contributed by atoms with Crippen molar-refractivity contribution in [3.8, 4) is 0 Å². The fraction of sp³-hybridized carbons (Fsp3) is 0.444. The number of nitrogens with one attached hydrogen (secondary N) is 2. The Hall–Kier alpha value is -0.870. The van der Waals surface area contributed by atoms with Crippen LogP contribution in [0.5, 0.6) is 0 Å². The third kappa shape index (κ3) is 8.22. The molecule has 1 aromatic heterocycles. The van der Waals surface area contributed by atoms with Crippen molar-refractivity contribution in [2.24, 2.45) is 4.99 Å². The summed E-state index contributed by atoms with van der Waals surface area (Å²) in [4.78, 5) is 10.2. The highest BCUT2D eigenvalue weighted by Crippen LogP contribution is 2.15. The van der Waals surface area contributed by atoms with E-state index in [2.05, 4.69) is 27.5 Å². The molecular weight excluding hydrogens is 482 g/mol. The molecule has 0 aliphatic carbocycles. The highest BCUT2D eigenvalue weighted by atomic mass is 127. The van der Waals surface area contributed by atoms with Crippen molar-refractivity contribution in [2.45, 2.75) is 32.6 Å². The van der Waals surface area contributed by atoms with Gasteiger partial charge in [-0.3, -0.25) is 0 Å². The maximum Gasteiger partial charge on any atom is 0.191 e. The summed E-state index contributed by atoms with van der Waals surface area (Å²) in [5.41, 5.74) is 0.753. The molecule has 0 saturated heterocycles. The number of rotatable bonds is 9. The summed E-state index contributed by atoms with van der Waals surface area (Å²) in [6, 6.07) is 6.93. The summed E-state index contributed by atoms with van der Waals surface area (Å²) >= 11 is 3.42. The highest BCUT2D eigenvalue weighted by Gasteiger charge is 2.03. The van der Waals surface area contributed by atoms with Gasteiger partial charge in [0.1, 0.15) is 10.8 Å². The van der Waals surface area contributed by atoms with E-state index in [0.29, 0.717) is 12.3 Å². The zero-order chi connectivity index (χ0) is 17.9. The van der Waals surface area contributed by atoms with Gasteiger partial charge in [-0.25, -0.2) is 14.4 Å². The maximum atomic E-state index is 13.6. The Morgan fingerprint density at radius 1 is 1.27 bits per heavy atom. The zero-order valence-corrected chi connectivity index (χ0v) is 19.1. The Morgan fingerprint density at radius 3 is 2.77 bits per heavy atom. The van der Waals surface area contributed by atoms with Crippen molar-refractivity contribution in [2.75, 3.05) is 18.8 Å². The van der Waals surface area contributed by atoms with Gasteiger partial charge < -0.3 is 10.6 Å². The van der Waals surface area contributed by atoms with Crippen LogP contribution in [0.4, 0.5) is 4.39 Å². The molecule has 144 valence electrons. The SMILES string of the molecule is CCNC(=NCc1ncc(CC)s1)NCCSCc1ccccc1F.I. The van der Waals surface area contributed by atoms with Gasteiger partial charge in [0.2, 0.25) is 0 Å². The molecule has 0 fully saturated rings. The van der Waals surface area contributed by atoms with Gasteiger partial charge in [-0.15, -0.1) is 35.3 Å². The van der Waals surface area contributed by atoms with Gasteiger partial charge in [0.25, 0.3) is 0 Å². The summed E-state index contributed by atoms with van der Waals surface area (Å²) in [5.74, 6) is 2.23. The van der Waals surface area contributed by atoms with Crippen molar-refractivity contribution in [3.63, 3.8) is 0 Å². The zero-order valence-electron chi connectivity index (χ0n) is 15.1. The van der Waals surface area contributed by atoms with Gasteiger partial charge in [-0.05, 0) is 25.0 Å². The third-order valence-electron chi connectivity index (χ3n) is 3.42. The molecular formula is C18H26FIN4S2. The molecule has 2 rings (SSSR count). The lowest BCUT2D eigenvalue weighted by Gasteiger charge is -2.11. The van der Waals surface area contributed by atoms with Crippen LogP contribution in [-0.2, 0) is 18.7 Å². The molecule has 4 nitrogen and oxygen atoms in total. The van der Waals surface area contributed by atoms with E-state index in [1.54, 1.807) is 29.2 Å². The molecule has 0 aliphatic rings. The maximum absolute atomic E-state index is 13.6. The molecule has 2 N–H and O–H groups in total. The molecule has 1 aromatic carbocycles. The van der Waals surface area contributed by atoms with E-state index in [-0.39, 0.29) is 29.8 Å². The van der Waals surface area contributed by atoms with E-state index in [1.807, 2.05) is 25.3 Å². The lowest BCUT2D eigenvalue weighted by molar-refractivity contribution is 0.617. The molecule has 8 heteroatoms. The van der Waals surface area contributed by atoms with Crippen molar-refractivity contribution in [3.05, 3.63) is 51.7 Å². The molecule has 26 heavy (non-hydrogen) atoms. The second-order valence-electron chi connectivity index (χ2n) is 5.34. The molecule has 0 aliphatic heterocycles. The van der Waals surface area contributed by atoms with Crippen LogP contribution in [0.1, 0.15) is 29.3 Å². The molecule has 0 radical (unpaired) electrons. The summed E-state index contributed by atoms with van der Waals surface area (Å²) in [7, 11) is 0. The number of aryl methyl sites for hydroxylation is 1. The Balaban J connectivity index is 0.00000338. The average Bonchev–Trinajstić information content (AvgIpc) is 3.09. The molecule has 0 saturated carbocycles. The number of nitrogens with zero attached hydrogens (tertiary/aromatic N) is 2. The first-order valence-corrected chi connectivity index (χ1v) is 10.5. The number of aliphatic imine (C=N–C) groups is 1.